The number of carbonyl (C=O) groups is 2. The van der Waals surface area contributed by atoms with Crippen molar-refractivity contribution in [3.63, 3.8) is 0 Å². The third-order valence-electron chi connectivity index (χ3n) is 4.74. The lowest BCUT2D eigenvalue weighted by Gasteiger charge is -2.44. The van der Waals surface area contributed by atoms with Crippen LogP contribution in [-0.2, 0) is 14.6 Å². The molecule has 8 nitrogen and oxygen atoms in total. The molecular formula is C16H22N4O4S. The van der Waals surface area contributed by atoms with Crippen molar-refractivity contribution in [2.45, 2.75) is 25.9 Å². The van der Waals surface area contributed by atoms with E-state index < -0.39 is 21.9 Å². The minimum atomic E-state index is -3.30. The molecule has 2 aliphatic heterocycles. The van der Waals surface area contributed by atoms with Crippen molar-refractivity contribution >= 4 is 27.5 Å². The van der Waals surface area contributed by atoms with Crippen LogP contribution < -0.4 is 5.73 Å². The molecule has 136 valence electrons. The highest BCUT2D eigenvalue weighted by atomic mass is 32.2. The molecule has 2 saturated heterocycles. The SMILES string of the molecule is CC(C)C(=O)N1CCN(C(=O)c2ccnc(N)c2)[C@H]2CS(=O)(=O)C[C@H]21. The fourth-order valence-corrected chi connectivity index (χ4v) is 5.54. The molecule has 2 N–H and O–H groups in total. The number of sulfone groups is 1. The smallest absolute Gasteiger partial charge is 0.254 e. The molecule has 1 aromatic rings. The zero-order valence-electron chi connectivity index (χ0n) is 14.3. The highest BCUT2D eigenvalue weighted by Crippen LogP contribution is 2.29. The molecule has 0 aliphatic carbocycles. The maximum atomic E-state index is 12.9. The third-order valence-corrected chi connectivity index (χ3v) is 6.44. The number of anilines is 1. The quantitative estimate of drug-likeness (QED) is 0.773. The van der Waals surface area contributed by atoms with Gasteiger partial charge in [-0.3, -0.25) is 9.59 Å². The number of nitrogens with two attached hydrogens (primary N) is 1. The highest BCUT2D eigenvalue weighted by Gasteiger charge is 2.49. The average molecular weight is 366 g/mol. The Labute approximate surface area is 146 Å². The number of amides is 2. The lowest BCUT2D eigenvalue weighted by atomic mass is 10.0. The number of hydrogen-bond acceptors (Lipinski definition) is 6. The first-order valence-corrected chi connectivity index (χ1v) is 10.0. The minimum absolute atomic E-state index is 0.0765. The van der Waals surface area contributed by atoms with Gasteiger partial charge in [0.25, 0.3) is 5.91 Å². The van der Waals surface area contributed by atoms with Crippen molar-refractivity contribution < 1.29 is 18.0 Å². The van der Waals surface area contributed by atoms with Crippen LogP contribution in [0.4, 0.5) is 5.82 Å². The zero-order valence-corrected chi connectivity index (χ0v) is 15.1. The van der Waals surface area contributed by atoms with Crippen molar-refractivity contribution in [1.82, 2.24) is 14.8 Å². The lowest BCUT2D eigenvalue weighted by Crippen LogP contribution is -2.62. The molecule has 2 amide bonds. The van der Waals surface area contributed by atoms with Crippen molar-refractivity contribution in [3.05, 3.63) is 23.9 Å². The Kier molecular flexibility index (Phi) is 4.44. The van der Waals surface area contributed by atoms with Crippen LogP contribution in [0.25, 0.3) is 0 Å². The fraction of sp³-hybridized carbons (Fsp3) is 0.562. The summed E-state index contributed by atoms with van der Waals surface area (Å²) in [7, 11) is -3.30. The van der Waals surface area contributed by atoms with E-state index in [-0.39, 0.29) is 35.1 Å². The summed E-state index contributed by atoms with van der Waals surface area (Å²) in [5.74, 6) is -0.559. The summed E-state index contributed by atoms with van der Waals surface area (Å²) in [6.07, 6.45) is 1.45. The summed E-state index contributed by atoms with van der Waals surface area (Å²) < 4.78 is 24.4. The second-order valence-electron chi connectivity index (χ2n) is 6.87. The van der Waals surface area contributed by atoms with E-state index in [0.717, 1.165) is 0 Å². The van der Waals surface area contributed by atoms with E-state index >= 15 is 0 Å². The van der Waals surface area contributed by atoms with Gasteiger partial charge in [-0.2, -0.15) is 0 Å². The molecular weight excluding hydrogens is 344 g/mol. The van der Waals surface area contributed by atoms with E-state index in [9.17, 15) is 18.0 Å². The molecule has 25 heavy (non-hydrogen) atoms. The molecule has 0 radical (unpaired) electrons. The van der Waals surface area contributed by atoms with E-state index in [0.29, 0.717) is 18.7 Å². The van der Waals surface area contributed by atoms with Crippen molar-refractivity contribution in [2.75, 3.05) is 30.3 Å². The fourth-order valence-electron chi connectivity index (χ4n) is 3.56. The summed E-state index contributed by atoms with van der Waals surface area (Å²) in [6, 6.07) is 2.02. The molecule has 0 bridgehead atoms. The molecule has 0 unspecified atom stereocenters. The molecule has 0 saturated carbocycles. The molecule has 1 aromatic heterocycles. The predicted octanol–water partition coefficient (Wildman–Crippen LogP) is -0.230. The van der Waals surface area contributed by atoms with Gasteiger partial charge < -0.3 is 15.5 Å². The summed E-state index contributed by atoms with van der Waals surface area (Å²) in [4.78, 5) is 32.4. The Morgan fingerprint density at radius 1 is 1.20 bits per heavy atom. The maximum Gasteiger partial charge on any atom is 0.254 e. The molecule has 3 heterocycles. The Morgan fingerprint density at radius 3 is 2.40 bits per heavy atom. The molecule has 2 aliphatic rings. The van der Waals surface area contributed by atoms with E-state index in [1.54, 1.807) is 29.7 Å². The molecule has 0 aromatic carbocycles. The minimum Gasteiger partial charge on any atom is -0.384 e. The van der Waals surface area contributed by atoms with Gasteiger partial charge in [-0.1, -0.05) is 13.8 Å². The number of nitrogens with zero attached hydrogens (tertiary/aromatic N) is 3. The first-order valence-electron chi connectivity index (χ1n) is 8.23. The van der Waals surface area contributed by atoms with E-state index in [1.807, 2.05) is 0 Å². The normalized spacial score (nSPS) is 25.1. The highest BCUT2D eigenvalue weighted by molar-refractivity contribution is 7.91. The number of fused-ring (bicyclic) bond motifs is 1. The number of carbonyl (C=O) groups excluding carboxylic acids is 2. The van der Waals surface area contributed by atoms with Crippen LogP contribution in [0.5, 0.6) is 0 Å². The number of hydrogen-bond donors (Lipinski definition) is 1. The summed E-state index contributed by atoms with van der Waals surface area (Å²) in [5.41, 5.74) is 6.01. The van der Waals surface area contributed by atoms with Gasteiger partial charge >= 0.3 is 0 Å². The molecule has 0 spiro atoms. The first-order chi connectivity index (χ1) is 11.7. The Balaban J connectivity index is 1.91. The van der Waals surface area contributed by atoms with Gasteiger partial charge in [0.05, 0.1) is 23.6 Å². The number of rotatable bonds is 2. The standard InChI is InChI=1S/C16H22N4O4S/c1-10(2)15(21)19-5-6-20(13-9-25(23,24)8-12(13)19)16(22)11-3-4-18-14(17)7-11/h3-4,7,10,12-13H,5-6,8-9H2,1-2H3,(H2,17,18)/t12-,13+/m1/s1. The zero-order chi connectivity index (χ0) is 18.4. The summed E-state index contributed by atoms with van der Waals surface area (Å²) in [6.45, 7) is 4.21. The largest absolute Gasteiger partial charge is 0.384 e. The number of nitrogen functional groups attached to an aromatic ring is 1. The van der Waals surface area contributed by atoms with Gasteiger partial charge in [0, 0.05) is 30.8 Å². The van der Waals surface area contributed by atoms with E-state index in [2.05, 4.69) is 4.98 Å². The van der Waals surface area contributed by atoms with Crippen molar-refractivity contribution in [1.29, 1.82) is 0 Å². The Bertz CT molecular complexity index is 808. The van der Waals surface area contributed by atoms with Crippen LogP contribution in [0.2, 0.25) is 0 Å². The van der Waals surface area contributed by atoms with Gasteiger partial charge in [-0.05, 0) is 12.1 Å². The Morgan fingerprint density at radius 2 is 1.80 bits per heavy atom. The predicted molar refractivity (Wildman–Crippen MR) is 92.5 cm³/mol. The van der Waals surface area contributed by atoms with Crippen molar-refractivity contribution in [3.8, 4) is 0 Å². The first kappa shape index (κ1) is 17.7. The topological polar surface area (TPSA) is 114 Å². The number of pyridine rings is 1. The lowest BCUT2D eigenvalue weighted by molar-refractivity contribution is -0.139. The average Bonchev–Trinajstić information content (AvgIpc) is 2.87. The van der Waals surface area contributed by atoms with Crippen LogP contribution >= 0.6 is 0 Å². The van der Waals surface area contributed by atoms with Gasteiger partial charge in [0.2, 0.25) is 5.91 Å². The molecule has 3 rings (SSSR count). The van der Waals surface area contributed by atoms with Gasteiger partial charge in [-0.25, -0.2) is 13.4 Å². The summed E-state index contributed by atoms with van der Waals surface area (Å²) >= 11 is 0. The molecule has 2 atom stereocenters. The molecule has 9 heteroatoms. The van der Waals surface area contributed by atoms with Gasteiger partial charge in [0.15, 0.2) is 9.84 Å². The van der Waals surface area contributed by atoms with Crippen molar-refractivity contribution in [2.24, 2.45) is 5.92 Å². The van der Waals surface area contributed by atoms with Crippen LogP contribution in [0, 0.1) is 5.92 Å². The van der Waals surface area contributed by atoms with Crippen LogP contribution in [0.1, 0.15) is 24.2 Å². The monoisotopic (exact) mass is 366 g/mol. The number of aromatic nitrogens is 1. The second-order valence-corrected chi connectivity index (χ2v) is 9.02. The molecule has 2 fully saturated rings. The van der Waals surface area contributed by atoms with Gasteiger partial charge in [-0.15, -0.1) is 0 Å². The van der Waals surface area contributed by atoms with Crippen LogP contribution in [0.15, 0.2) is 18.3 Å². The third kappa shape index (κ3) is 3.33. The Hall–Kier alpha value is -2.16. The van der Waals surface area contributed by atoms with E-state index in [1.165, 1.54) is 12.3 Å². The van der Waals surface area contributed by atoms with Gasteiger partial charge in [0.1, 0.15) is 5.82 Å². The number of piperazine rings is 1. The van der Waals surface area contributed by atoms with Crippen LogP contribution in [0.3, 0.4) is 0 Å². The van der Waals surface area contributed by atoms with Crippen LogP contribution in [-0.4, -0.2) is 71.7 Å². The second kappa shape index (κ2) is 6.29. The van der Waals surface area contributed by atoms with E-state index in [4.69, 9.17) is 5.73 Å². The summed E-state index contributed by atoms with van der Waals surface area (Å²) in [5, 5.41) is 0. The maximum absolute atomic E-state index is 12.9.